The van der Waals surface area contributed by atoms with Crippen LogP contribution in [-0.4, -0.2) is 67.8 Å². The van der Waals surface area contributed by atoms with E-state index in [-0.39, 0.29) is 0 Å². The molecule has 0 rings (SSSR count). The molecule has 0 aromatic carbocycles. The summed E-state index contributed by atoms with van der Waals surface area (Å²) in [6.45, 7) is 21.5. The zero-order valence-electron chi connectivity index (χ0n) is 25.0. The predicted molar refractivity (Wildman–Crippen MR) is 183 cm³/mol. The molecule has 14 heteroatoms. The van der Waals surface area contributed by atoms with Gasteiger partial charge in [0, 0.05) is 62.2 Å². The smallest absolute Gasteiger partial charge is 0.373 e. The Bertz CT molecular complexity index is 445. The van der Waals surface area contributed by atoms with Crippen LogP contribution in [0.2, 0.25) is 12.1 Å². The van der Waals surface area contributed by atoms with Crippen molar-refractivity contribution in [2.24, 2.45) is 0 Å². The molecule has 0 saturated heterocycles. The van der Waals surface area contributed by atoms with Gasteiger partial charge in [-0.2, -0.15) is 0 Å². The summed E-state index contributed by atoms with van der Waals surface area (Å²) >= 11 is 0. The average molecular weight is 687 g/mol. The lowest BCUT2D eigenvalue weighted by atomic mass is 10.5. The van der Waals surface area contributed by atoms with E-state index in [1.165, 1.54) is 0 Å². The van der Waals surface area contributed by atoms with Crippen LogP contribution in [0.5, 0.6) is 0 Å². The van der Waals surface area contributed by atoms with Crippen molar-refractivity contribution in [1.29, 1.82) is 0 Å². The standard InChI is InChI=1S/C24H54O6S6Si2/c1-9-15-25-37(26-16-10-2,27-17-11-3)21-23(7)31-33-35-36-34-32-24(8)22-38(28-18-12-4,29-19-13-5)30-20-14-6/h23-24H,9-22H2,1-8H3. The van der Waals surface area contributed by atoms with E-state index >= 15 is 0 Å². The van der Waals surface area contributed by atoms with E-state index in [9.17, 15) is 0 Å². The van der Waals surface area contributed by atoms with Gasteiger partial charge in [0.2, 0.25) is 0 Å². The monoisotopic (exact) mass is 686 g/mol. The summed E-state index contributed by atoms with van der Waals surface area (Å²) < 4.78 is 37.6. The molecule has 38 heavy (non-hydrogen) atoms. The summed E-state index contributed by atoms with van der Waals surface area (Å²) in [5.41, 5.74) is 0. The minimum absolute atomic E-state index is 0.385. The van der Waals surface area contributed by atoms with Gasteiger partial charge in [-0.3, -0.25) is 0 Å². The van der Waals surface area contributed by atoms with Gasteiger partial charge in [-0.05, 0) is 77.8 Å². The molecule has 0 aliphatic heterocycles. The summed E-state index contributed by atoms with van der Waals surface area (Å²) in [4.78, 5) is 0. The molecule has 0 N–H and O–H groups in total. The third-order valence-corrected chi connectivity index (χ3v) is 23.1. The molecule has 0 heterocycles. The maximum Gasteiger partial charge on any atom is 0.502 e. The number of rotatable bonds is 29. The van der Waals surface area contributed by atoms with Crippen molar-refractivity contribution in [3.63, 3.8) is 0 Å². The van der Waals surface area contributed by atoms with Crippen molar-refractivity contribution in [2.45, 2.75) is 117 Å². The average Bonchev–Trinajstić information content (AvgIpc) is 2.92. The van der Waals surface area contributed by atoms with Crippen LogP contribution in [0.1, 0.15) is 93.9 Å². The largest absolute Gasteiger partial charge is 0.502 e. The van der Waals surface area contributed by atoms with E-state index in [0.717, 1.165) is 50.6 Å². The molecule has 0 aromatic rings. The zero-order chi connectivity index (χ0) is 28.5. The normalized spacial score (nSPS) is 14.2. The van der Waals surface area contributed by atoms with Crippen LogP contribution in [0, 0.1) is 0 Å². The van der Waals surface area contributed by atoms with Crippen molar-refractivity contribution in [1.82, 2.24) is 0 Å². The minimum atomic E-state index is -2.66. The molecule has 0 aliphatic rings. The molecule has 6 nitrogen and oxygen atoms in total. The van der Waals surface area contributed by atoms with E-state index in [1.807, 2.05) is 60.9 Å². The Kier molecular flexibility index (Phi) is 28.5. The molecule has 2 unspecified atom stereocenters. The van der Waals surface area contributed by atoms with Gasteiger partial charge in [-0.15, -0.1) is 0 Å². The Morgan fingerprint density at radius 1 is 0.421 bits per heavy atom. The Hall–Kier alpha value is 2.29. The Balaban J connectivity index is 4.61. The molecular weight excluding hydrogens is 633 g/mol. The van der Waals surface area contributed by atoms with E-state index < -0.39 is 17.6 Å². The first-order chi connectivity index (χ1) is 18.4. The first-order valence-electron chi connectivity index (χ1n) is 14.2. The molecule has 0 fully saturated rings. The highest BCUT2D eigenvalue weighted by atomic mass is 33.9. The maximum absolute atomic E-state index is 6.26. The van der Waals surface area contributed by atoms with Crippen molar-refractivity contribution >= 4 is 78.5 Å². The summed E-state index contributed by atoms with van der Waals surface area (Å²) in [7, 11) is 5.72. The fraction of sp³-hybridized carbons (Fsp3) is 1.00. The molecule has 0 aliphatic carbocycles. The third kappa shape index (κ3) is 20.2. The summed E-state index contributed by atoms with van der Waals surface area (Å²) in [6, 6.07) is 1.68. The second-order valence-corrected chi connectivity index (χ2v) is 24.5. The topological polar surface area (TPSA) is 55.4 Å². The lowest BCUT2D eigenvalue weighted by molar-refractivity contribution is 0.0588. The fourth-order valence-electron chi connectivity index (χ4n) is 3.11. The second kappa shape index (κ2) is 26.9. The summed E-state index contributed by atoms with van der Waals surface area (Å²) in [5, 5.41) is 0.770. The Morgan fingerprint density at radius 2 is 0.658 bits per heavy atom. The molecule has 0 amide bonds. The van der Waals surface area contributed by atoms with Crippen molar-refractivity contribution < 1.29 is 26.6 Å². The first kappa shape index (κ1) is 40.3. The highest BCUT2D eigenvalue weighted by Crippen LogP contribution is 2.55. The van der Waals surface area contributed by atoms with Crippen LogP contribution in [0.15, 0.2) is 0 Å². The fourth-order valence-corrected chi connectivity index (χ4v) is 23.4. The molecule has 0 aromatic heterocycles. The first-order valence-corrected chi connectivity index (χ1v) is 25.7. The van der Waals surface area contributed by atoms with Crippen molar-refractivity contribution in [3.8, 4) is 0 Å². The van der Waals surface area contributed by atoms with Gasteiger partial charge in [0.15, 0.2) is 0 Å². The molecule has 0 spiro atoms. The van der Waals surface area contributed by atoms with Gasteiger partial charge in [-0.1, -0.05) is 77.0 Å². The van der Waals surface area contributed by atoms with E-state index in [1.54, 1.807) is 0 Å². The van der Waals surface area contributed by atoms with Gasteiger partial charge < -0.3 is 26.6 Å². The van der Waals surface area contributed by atoms with Crippen molar-refractivity contribution in [3.05, 3.63) is 0 Å². The van der Waals surface area contributed by atoms with Crippen LogP contribution >= 0.6 is 60.9 Å². The Labute approximate surface area is 259 Å². The molecule has 0 saturated carbocycles. The van der Waals surface area contributed by atoms with Crippen LogP contribution < -0.4 is 0 Å². The summed E-state index contributed by atoms with van der Waals surface area (Å²) in [6.07, 6.45) is 5.83. The molecule has 2 atom stereocenters. The number of hydrogen-bond acceptors (Lipinski definition) is 12. The van der Waals surface area contributed by atoms with Gasteiger partial charge in [0.05, 0.1) is 0 Å². The highest BCUT2D eigenvalue weighted by Gasteiger charge is 2.43. The molecule has 0 bridgehead atoms. The van der Waals surface area contributed by atoms with Crippen LogP contribution in [-0.2, 0) is 26.6 Å². The SMILES string of the molecule is CCCO[Si](CC(C)SSSSSSC(C)C[Si](OCCC)(OCCC)OCCC)(OCCC)OCCC. The van der Waals surface area contributed by atoms with E-state index in [4.69, 9.17) is 26.6 Å². The van der Waals surface area contributed by atoms with Crippen LogP contribution in [0.25, 0.3) is 0 Å². The lowest BCUT2D eigenvalue weighted by Crippen LogP contribution is -2.48. The van der Waals surface area contributed by atoms with Gasteiger partial charge in [0.1, 0.15) is 0 Å². The second-order valence-electron chi connectivity index (χ2n) is 8.95. The highest BCUT2D eigenvalue weighted by molar-refractivity contribution is 9.41. The lowest BCUT2D eigenvalue weighted by Gasteiger charge is -2.31. The summed E-state index contributed by atoms with van der Waals surface area (Å²) in [5.74, 6) is 0. The van der Waals surface area contributed by atoms with Gasteiger partial charge in [-0.25, -0.2) is 0 Å². The Morgan fingerprint density at radius 3 is 0.868 bits per heavy atom. The van der Waals surface area contributed by atoms with Gasteiger partial charge in [0.25, 0.3) is 0 Å². The predicted octanol–water partition coefficient (Wildman–Crippen LogP) is 10.2. The van der Waals surface area contributed by atoms with E-state index in [0.29, 0.717) is 50.1 Å². The van der Waals surface area contributed by atoms with Crippen molar-refractivity contribution in [2.75, 3.05) is 39.6 Å². The van der Waals surface area contributed by atoms with Gasteiger partial charge >= 0.3 is 17.6 Å². The number of hydrogen-bond donors (Lipinski definition) is 0. The maximum atomic E-state index is 6.26. The minimum Gasteiger partial charge on any atom is -0.373 e. The zero-order valence-corrected chi connectivity index (χ0v) is 31.9. The van der Waals surface area contributed by atoms with Crippen LogP contribution in [0.4, 0.5) is 0 Å². The molecule has 0 radical (unpaired) electrons. The quantitative estimate of drug-likeness (QED) is 0.0427. The molecule has 230 valence electrons. The van der Waals surface area contributed by atoms with E-state index in [2.05, 4.69) is 55.4 Å². The van der Waals surface area contributed by atoms with Crippen LogP contribution in [0.3, 0.4) is 0 Å². The third-order valence-electron chi connectivity index (χ3n) is 4.72. The molecular formula is C24H54O6S6Si2.